The van der Waals surface area contributed by atoms with Gasteiger partial charge in [0.25, 0.3) is 0 Å². The smallest absolute Gasteiger partial charge is 0.248 e. The van der Waals surface area contributed by atoms with Gasteiger partial charge in [-0.3, -0.25) is 14.5 Å². The summed E-state index contributed by atoms with van der Waals surface area (Å²) in [6, 6.07) is 11.7. The van der Waals surface area contributed by atoms with E-state index in [2.05, 4.69) is 27.3 Å². The molecule has 0 saturated carbocycles. The van der Waals surface area contributed by atoms with Gasteiger partial charge in [0.05, 0.1) is 5.92 Å². The minimum Gasteiger partial charge on any atom is -0.381 e. The van der Waals surface area contributed by atoms with Crippen LogP contribution in [0.3, 0.4) is 0 Å². The van der Waals surface area contributed by atoms with Gasteiger partial charge in [0.15, 0.2) is 0 Å². The second-order valence-electron chi connectivity index (χ2n) is 6.59. The third kappa shape index (κ3) is 4.93. The highest BCUT2D eigenvalue weighted by molar-refractivity contribution is 5.76. The fourth-order valence-electron chi connectivity index (χ4n) is 3.22. The first kappa shape index (κ1) is 17.2. The van der Waals surface area contributed by atoms with Gasteiger partial charge in [-0.15, -0.1) is 0 Å². The molecule has 1 aromatic carbocycles. The highest BCUT2D eigenvalue weighted by Gasteiger charge is 2.23. The molecule has 132 valence electrons. The Kier molecular flexibility index (Phi) is 5.50. The lowest BCUT2D eigenvalue weighted by atomic mass is 9.97. The van der Waals surface area contributed by atoms with Crippen molar-refractivity contribution in [3.8, 4) is 0 Å². The van der Waals surface area contributed by atoms with Crippen LogP contribution in [0.1, 0.15) is 24.0 Å². The van der Waals surface area contributed by atoms with Crippen LogP contribution in [0.5, 0.6) is 0 Å². The highest BCUT2D eigenvalue weighted by Crippen LogP contribution is 2.19. The van der Waals surface area contributed by atoms with Crippen LogP contribution in [0.4, 0.5) is 5.69 Å². The first-order valence-electron chi connectivity index (χ1n) is 8.62. The SMILES string of the molecule is NC(=O)[C@H]1CCCN(Cc2ccc(NCc3cc[nH]c(=O)c3)cc2)C1. The molecule has 6 heteroatoms. The molecule has 1 amide bonds. The summed E-state index contributed by atoms with van der Waals surface area (Å²) in [7, 11) is 0. The molecule has 0 spiro atoms. The number of hydrogen-bond donors (Lipinski definition) is 3. The Balaban J connectivity index is 1.53. The van der Waals surface area contributed by atoms with Crippen molar-refractivity contribution in [2.75, 3.05) is 18.4 Å². The molecule has 25 heavy (non-hydrogen) atoms. The summed E-state index contributed by atoms with van der Waals surface area (Å²) in [6.45, 7) is 3.19. The monoisotopic (exact) mass is 340 g/mol. The van der Waals surface area contributed by atoms with Crippen LogP contribution in [0.15, 0.2) is 47.4 Å². The van der Waals surface area contributed by atoms with Crippen molar-refractivity contribution in [3.05, 3.63) is 64.1 Å². The number of H-pyrrole nitrogens is 1. The molecular weight excluding hydrogens is 316 g/mol. The van der Waals surface area contributed by atoms with E-state index in [1.165, 1.54) is 5.56 Å². The largest absolute Gasteiger partial charge is 0.381 e. The first-order valence-corrected chi connectivity index (χ1v) is 8.62. The average molecular weight is 340 g/mol. The molecule has 4 N–H and O–H groups in total. The third-order valence-corrected chi connectivity index (χ3v) is 4.60. The molecule has 2 aromatic rings. The van der Waals surface area contributed by atoms with E-state index < -0.39 is 0 Å². The van der Waals surface area contributed by atoms with Crippen LogP contribution in [-0.4, -0.2) is 28.9 Å². The van der Waals surface area contributed by atoms with Crippen LogP contribution >= 0.6 is 0 Å². The van der Waals surface area contributed by atoms with Gasteiger partial charge in [0.2, 0.25) is 11.5 Å². The van der Waals surface area contributed by atoms with Crippen molar-refractivity contribution in [1.82, 2.24) is 9.88 Å². The lowest BCUT2D eigenvalue weighted by molar-refractivity contribution is -0.123. The Hall–Kier alpha value is -2.60. The minimum atomic E-state index is -0.191. The number of likely N-dealkylation sites (tertiary alicyclic amines) is 1. The molecule has 0 aliphatic carbocycles. The van der Waals surface area contributed by atoms with E-state index >= 15 is 0 Å². The van der Waals surface area contributed by atoms with E-state index in [0.29, 0.717) is 6.54 Å². The Morgan fingerprint density at radius 1 is 1.24 bits per heavy atom. The lowest BCUT2D eigenvalue weighted by Crippen LogP contribution is -2.40. The maximum absolute atomic E-state index is 11.4. The number of hydrogen-bond acceptors (Lipinski definition) is 4. The molecule has 3 rings (SSSR count). The summed E-state index contributed by atoms with van der Waals surface area (Å²) in [4.78, 5) is 27.6. The Bertz CT molecular complexity index is 769. The first-order chi connectivity index (χ1) is 12.1. The number of rotatable bonds is 6. The number of aromatic amines is 1. The second-order valence-corrected chi connectivity index (χ2v) is 6.59. The number of pyridine rings is 1. The Morgan fingerprint density at radius 3 is 2.76 bits per heavy atom. The summed E-state index contributed by atoms with van der Waals surface area (Å²) in [5.41, 5.74) is 8.52. The maximum atomic E-state index is 11.4. The van der Waals surface area contributed by atoms with E-state index in [1.54, 1.807) is 12.3 Å². The number of carbonyl (C=O) groups is 1. The van der Waals surface area contributed by atoms with E-state index in [-0.39, 0.29) is 17.4 Å². The summed E-state index contributed by atoms with van der Waals surface area (Å²) in [5.74, 6) is -0.215. The zero-order valence-corrected chi connectivity index (χ0v) is 14.2. The van der Waals surface area contributed by atoms with Crippen LogP contribution in [0.2, 0.25) is 0 Å². The van der Waals surface area contributed by atoms with Crippen LogP contribution in [0, 0.1) is 5.92 Å². The molecule has 1 aromatic heterocycles. The van der Waals surface area contributed by atoms with Gasteiger partial charge in [0.1, 0.15) is 0 Å². The van der Waals surface area contributed by atoms with Gasteiger partial charge in [-0.1, -0.05) is 12.1 Å². The number of carbonyl (C=O) groups excluding carboxylic acids is 1. The summed E-state index contributed by atoms with van der Waals surface area (Å²) >= 11 is 0. The summed E-state index contributed by atoms with van der Waals surface area (Å²) in [5, 5.41) is 3.31. The van der Waals surface area contributed by atoms with Crippen molar-refractivity contribution in [2.45, 2.75) is 25.9 Å². The van der Waals surface area contributed by atoms with Gasteiger partial charge in [-0.25, -0.2) is 0 Å². The topological polar surface area (TPSA) is 91.2 Å². The fourth-order valence-corrected chi connectivity index (χ4v) is 3.22. The summed E-state index contributed by atoms with van der Waals surface area (Å²) in [6.07, 6.45) is 3.57. The van der Waals surface area contributed by atoms with Crippen molar-refractivity contribution >= 4 is 11.6 Å². The molecule has 0 unspecified atom stereocenters. The number of nitrogens with two attached hydrogens (primary N) is 1. The highest BCUT2D eigenvalue weighted by atomic mass is 16.1. The molecule has 6 nitrogen and oxygen atoms in total. The van der Waals surface area contributed by atoms with Crippen molar-refractivity contribution in [3.63, 3.8) is 0 Å². The predicted octanol–water partition coefficient (Wildman–Crippen LogP) is 1.68. The van der Waals surface area contributed by atoms with Crippen molar-refractivity contribution in [2.24, 2.45) is 11.7 Å². The Labute approximate surface area is 147 Å². The number of amides is 1. The lowest BCUT2D eigenvalue weighted by Gasteiger charge is -2.31. The van der Waals surface area contributed by atoms with Crippen LogP contribution < -0.4 is 16.6 Å². The standard InChI is InChI=1S/C19H24N4O2/c20-19(25)16-2-1-9-23(13-16)12-14-3-5-17(6-4-14)22-11-15-7-8-21-18(24)10-15/h3-8,10,16,22H,1-2,9,11-13H2,(H2,20,25)(H,21,24)/t16-/m0/s1. The number of benzene rings is 1. The Morgan fingerprint density at radius 2 is 2.04 bits per heavy atom. The number of piperidine rings is 1. The minimum absolute atomic E-state index is 0.0243. The molecule has 0 radical (unpaired) electrons. The van der Waals surface area contributed by atoms with E-state index in [4.69, 9.17) is 5.73 Å². The fraction of sp³-hybridized carbons (Fsp3) is 0.368. The molecule has 1 aliphatic heterocycles. The number of aromatic nitrogens is 1. The van der Waals surface area contributed by atoms with E-state index in [9.17, 15) is 9.59 Å². The van der Waals surface area contributed by atoms with Gasteiger partial charge in [-0.2, -0.15) is 0 Å². The quantitative estimate of drug-likeness (QED) is 0.746. The maximum Gasteiger partial charge on any atom is 0.248 e. The zero-order valence-electron chi connectivity index (χ0n) is 14.2. The number of nitrogens with one attached hydrogen (secondary N) is 2. The molecule has 2 heterocycles. The molecule has 1 fully saturated rings. The average Bonchev–Trinajstić information content (AvgIpc) is 2.61. The predicted molar refractivity (Wildman–Crippen MR) is 98.0 cm³/mol. The molecule has 1 aliphatic rings. The molecule has 1 saturated heterocycles. The van der Waals surface area contributed by atoms with Gasteiger partial charge >= 0.3 is 0 Å². The van der Waals surface area contributed by atoms with Crippen LogP contribution in [-0.2, 0) is 17.9 Å². The van der Waals surface area contributed by atoms with E-state index in [1.807, 2.05) is 18.2 Å². The van der Waals surface area contributed by atoms with Gasteiger partial charge in [-0.05, 0) is 48.7 Å². The van der Waals surface area contributed by atoms with Crippen molar-refractivity contribution < 1.29 is 4.79 Å². The third-order valence-electron chi connectivity index (χ3n) is 4.60. The second kappa shape index (κ2) is 7.98. The van der Waals surface area contributed by atoms with Gasteiger partial charge < -0.3 is 16.0 Å². The zero-order chi connectivity index (χ0) is 17.6. The van der Waals surface area contributed by atoms with Gasteiger partial charge in [0, 0.05) is 37.6 Å². The normalized spacial score (nSPS) is 18.0. The number of anilines is 1. The number of nitrogens with zero attached hydrogens (tertiary/aromatic N) is 1. The van der Waals surface area contributed by atoms with Crippen LogP contribution in [0.25, 0.3) is 0 Å². The summed E-state index contributed by atoms with van der Waals surface area (Å²) < 4.78 is 0. The van der Waals surface area contributed by atoms with Crippen molar-refractivity contribution in [1.29, 1.82) is 0 Å². The molecular formula is C19H24N4O2. The molecule has 1 atom stereocenters. The molecule has 0 bridgehead atoms. The van der Waals surface area contributed by atoms with E-state index in [0.717, 1.165) is 43.7 Å². The number of primary amides is 1.